The monoisotopic (exact) mass is 400 g/mol. The Balaban J connectivity index is 1.77. The molecule has 0 amide bonds. The maximum absolute atomic E-state index is 12.6. The molecule has 1 aromatic heterocycles. The van der Waals surface area contributed by atoms with Crippen molar-refractivity contribution in [2.75, 3.05) is 0 Å². The Labute approximate surface area is 171 Å². The molecule has 1 heterocycles. The molecule has 3 aromatic carbocycles. The number of hydrogen-bond donors (Lipinski definition) is 0. The molecule has 0 saturated heterocycles. The van der Waals surface area contributed by atoms with E-state index in [1.165, 1.54) is 18.2 Å². The number of fused-ring (bicyclic) bond motifs is 1. The van der Waals surface area contributed by atoms with Crippen LogP contribution in [-0.2, 0) is 0 Å². The third kappa shape index (κ3) is 3.98. The maximum atomic E-state index is 12.6. The highest BCUT2D eigenvalue weighted by Gasteiger charge is 2.19. The van der Waals surface area contributed by atoms with Gasteiger partial charge >= 0.3 is 17.6 Å². The van der Waals surface area contributed by atoms with Crippen LogP contribution in [0.3, 0.4) is 0 Å². The molecule has 6 nitrogen and oxygen atoms in total. The van der Waals surface area contributed by atoms with Crippen LogP contribution >= 0.6 is 0 Å². The van der Waals surface area contributed by atoms with Crippen molar-refractivity contribution in [1.82, 2.24) is 0 Å². The van der Waals surface area contributed by atoms with Gasteiger partial charge in [0, 0.05) is 17.5 Å². The summed E-state index contributed by atoms with van der Waals surface area (Å²) in [6, 6.07) is 21.0. The van der Waals surface area contributed by atoms with Gasteiger partial charge in [-0.25, -0.2) is 14.4 Å². The van der Waals surface area contributed by atoms with E-state index in [9.17, 15) is 14.4 Å². The number of rotatable bonds is 4. The van der Waals surface area contributed by atoms with E-state index in [2.05, 4.69) is 0 Å². The van der Waals surface area contributed by atoms with Crippen LogP contribution in [0, 0.1) is 6.92 Å². The summed E-state index contributed by atoms with van der Waals surface area (Å²) >= 11 is 0. The fourth-order valence-electron chi connectivity index (χ4n) is 2.95. The zero-order valence-electron chi connectivity index (χ0n) is 16.0. The van der Waals surface area contributed by atoms with Gasteiger partial charge in [0.2, 0.25) is 0 Å². The molecule has 148 valence electrons. The van der Waals surface area contributed by atoms with Crippen molar-refractivity contribution >= 4 is 22.9 Å². The van der Waals surface area contributed by atoms with Gasteiger partial charge in [-0.05, 0) is 42.8 Å². The largest absolute Gasteiger partial charge is 0.423 e. The van der Waals surface area contributed by atoms with Crippen LogP contribution in [0.1, 0.15) is 26.3 Å². The minimum Gasteiger partial charge on any atom is -0.423 e. The number of carbonyl (C=O) groups is 2. The first-order valence-corrected chi connectivity index (χ1v) is 9.14. The molecule has 0 radical (unpaired) electrons. The Morgan fingerprint density at radius 2 is 1.23 bits per heavy atom. The van der Waals surface area contributed by atoms with Crippen LogP contribution in [0.2, 0.25) is 0 Å². The number of aryl methyl sites for hydroxylation is 1. The normalized spacial score (nSPS) is 10.6. The van der Waals surface area contributed by atoms with E-state index in [0.717, 1.165) is 0 Å². The van der Waals surface area contributed by atoms with Gasteiger partial charge in [0.1, 0.15) is 5.58 Å². The first-order chi connectivity index (χ1) is 14.5. The summed E-state index contributed by atoms with van der Waals surface area (Å²) in [5.41, 5.74) is 0.988. The summed E-state index contributed by atoms with van der Waals surface area (Å²) < 4.78 is 16.2. The molecular formula is C24H16O6. The van der Waals surface area contributed by atoms with Crippen molar-refractivity contribution in [2.45, 2.75) is 6.92 Å². The van der Waals surface area contributed by atoms with Crippen molar-refractivity contribution in [3.8, 4) is 11.5 Å². The van der Waals surface area contributed by atoms with E-state index in [1.807, 2.05) is 0 Å². The summed E-state index contributed by atoms with van der Waals surface area (Å²) in [5, 5.41) is 0.560. The topological polar surface area (TPSA) is 82.8 Å². The molecule has 0 saturated carbocycles. The molecular weight excluding hydrogens is 384 g/mol. The van der Waals surface area contributed by atoms with E-state index in [0.29, 0.717) is 22.1 Å². The summed E-state index contributed by atoms with van der Waals surface area (Å²) in [5.74, 6) is -1.24. The lowest BCUT2D eigenvalue weighted by Gasteiger charge is -2.12. The highest BCUT2D eigenvalue weighted by Crippen LogP contribution is 2.34. The number of carbonyl (C=O) groups excluding carboxylic acids is 2. The van der Waals surface area contributed by atoms with Crippen molar-refractivity contribution < 1.29 is 23.5 Å². The number of esters is 2. The molecule has 0 aliphatic carbocycles. The first-order valence-electron chi connectivity index (χ1n) is 9.14. The minimum absolute atomic E-state index is 0.0330. The number of benzene rings is 3. The minimum atomic E-state index is -0.637. The van der Waals surface area contributed by atoms with Gasteiger partial charge < -0.3 is 13.9 Å². The molecule has 0 spiro atoms. The fraction of sp³-hybridized carbons (Fsp3) is 0.0417. The van der Waals surface area contributed by atoms with Gasteiger partial charge in [0.05, 0.1) is 11.1 Å². The Kier molecular flexibility index (Phi) is 5.13. The lowest BCUT2D eigenvalue weighted by atomic mass is 10.1. The van der Waals surface area contributed by atoms with Crippen LogP contribution < -0.4 is 15.1 Å². The van der Waals surface area contributed by atoms with Crippen molar-refractivity contribution in [3.63, 3.8) is 0 Å². The Bertz CT molecular complexity index is 1290. The third-order valence-corrected chi connectivity index (χ3v) is 4.44. The van der Waals surface area contributed by atoms with Crippen LogP contribution in [-0.4, -0.2) is 11.9 Å². The molecule has 0 aliphatic rings. The van der Waals surface area contributed by atoms with Gasteiger partial charge in [-0.1, -0.05) is 36.4 Å². The lowest BCUT2D eigenvalue weighted by Crippen LogP contribution is -2.13. The van der Waals surface area contributed by atoms with Crippen molar-refractivity contribution in [2.24, 2.45) is 0 Å². The fourth-order valence-corrected chi connectivity index (χ4v) is 2.95. The summed E-state index contributed by atoms with van der Waals surface area (Å²) in [6.45, 7) is 1.73. The van der Waals surface area contributed by atoms with E-state index in [1.54, 1.807) is 67.6 Å². The molecule has 4 aromatic rings. The molecule has 0 bridgehead atoms. The Morgan fingerprint density at radius 3 is 1.77 bits per heavy atom. The SMILES string of the molecule is Cc1cc(=O)oc2cc(OC(=O)c3ccccc3)c(OC(=O)c3ccccc3)cc12. The second-order valence-corrected chi connectivity index (χ2v) is 6.55. The lowest BCUT2D eigenvalue weighted by molar-refractivity contribution is 0.0682. The molecule has 0 N–H and O–H groups in total. The van der Waals surface area contributed by atoms with Crippen molar-refractivity contribution in [3.05, 3.63) is 106 Å². The summed E-state index contributed by atoms with van der Waals surface area (Å²) in [6.07, 6.45) is 0. The van der Waals surface area contributed by atoms with E-state index < -0.39 is 17.6 Å². The predicted octanol–water partition coefficient (Wildman–Crippen LogP) is 4.54. The standard InChI is InChI=1S/C24H16O6/c1-15-12-22(25)28-19-14-21(30-24(27)17-10-6-3-7-11-17)20(13-18(15)19)29-23(26)16-8-4-2-5-9-16/h2-14H,1H3. The molecule has 6 heteroatoms. The molecule has 30 heavy (non-hydrogen) atoms. The first kappa shape index (κ1) is 19.1. The van der Waals surface area contributed by atoms with Gasteiger partial charge in [-0.15, -0.1) is 0 Å². The summed E-state index contributed by atoms with van der Waals surface area (Å²) in [7, 11) is 0. The maximum Gasteiger partial charge on any atom is 0.343 e. The molecule has 0 fully saturated rings. The second kappa shape index (κ2) is 8.05. The smallest absolute Gasteiger partial charge is 0.343 e. The van der Waals surface area contributed by atoms with E-state index >= 15 is 0 Å². The van der Waals surface area contributed by atoms with Gasteiger partial charge in [0.15, 0.2) is 11.5 Å². The van der Waals surface area contributed by atoms with Crippen molar-refractivity contribution in [1.29, 1.82) is 0 Å². The number of hydrogen-bond acceptors (Lipinski definition) is 6. The van der Waals surface area contributed by atoms with Gasteiger partial charge in [0.25, 0.3) is 0 Å². The average molecular weight is 400 g/mol. The van der Waals surface area contributed by atoms with Crippen LogP contribution in [0.15, 0.2) is 88.1 Å². The second-order valence-electron chi connectivity index (χ2n) is 6.55. The average Bonchev–Trinajstić information content (AvgIpc) is 2.75. The highest BCUT2D eigenvalue weighted by molar-refractivity contribution is 5.95. The number of ether oxygens (including phenoxy) is 2. The van der Waals surface area contributed by atoms with E-state index in [-0.39, 0.29) is 17.1 Å². The zero-order chi connectivity index (χ0) is 21.1. The zero-order valence-corrected chi connectivity index (χ0v) is 16.0. The molecule has 0 unspecified atom stereocenters. The van der Waals surface area contributed by atoms with Crippen LogP contribution in [0.4, 0.5) is 0 Å². The molecule has 0 aliphatic heterocycles. The summed E-state index contributed by atoms with van der Waals surface area (Å²) in [4.78, 5) is 36.8. The Morgan fingerprint density at radius 1 is 0.733 bits per heavy atom. The predicted molar refractivity (Wildman–Crippen MR) is 110 cm³/mol. The van der Waals surface area contributed by atoms with Gasteiger partial charge in [-0.3, -0.25) is 0 Å². The van der Waals surface area contributed by atoms with E-state index in [4.69, 9.17) is 13.9 Å². The quantitative estimate of drug-likeness (QED) is 0.284. The third-order valence-electron chi connectivity index (χ3n) is 4.44. The van der Waals surface area contributed by atoms with Crippen LogP contribution in [0.5, 0.6) is 11.5 Å². The molecule has 0 atom stereocenters. The Hall–Kier alpha value is -4.19. The van der Waals surface area contributed by atoms with Gasteiger partial charge in [-0.2, -0.15) is 0 Å². The molecule has 4 rings (SSSR count). The highest BCUT2D eigenvalue weighted by atomic mass is 16.6. The van der Waals surface area contributed by atoms with Crippen LogP contribution in [0.25, 0.3) is 11.0 Å².